The van der Waals surface area contributed by atoms with Crippen LogP contribution in [-0.2, 0) is 0 Å². The van der Waals surface area contributed by atoms with Crippen molar-refractivity contribution in [2.45, 2.75) is 26.7 Å². The van der Waals surface area contributed by atoms with E-state index in [1.54, 1.807) is 0 Å². The minimum absolute atomic E-state index is 0.390. The Labute approximate surface area is 78.0 Å². The molecule has 0 fully saturated rings. The standard InChI is InChI=1S/C10H13N3/c1-7(2)10-8(3)5-4-6-9(10)12-13-11/h4-7H,1-3H3. The van der Waals surface area contributed by atoms with E-state index in [1.165, 1.54) is 5.56 Å². The third kappa shape index (κ3) is 2.01. The van der Waals surface area contributed by atoms with Crippen LogP contribution in [0.15, 0.2) is 23.3 Å². The first-order valence-electron chi connectivity index (χ1n) is 4.31. The Morgan fingerprint density at radius 2 is 2.08 bits per heavy atom. The molecule has 0 amide bonds. The fourth-order valence-electron chi connectivity index (χ4n) is 1.55. The van der Waals surface area contributed by atoms with Crippen molar-refractivity contribution in [3.8, 4) is 0 Å². The molecule has 0 aliphatic heterocycles. The van der Waals surface area contributed by atoms with Gasteiger partial charge in [-0.1, -0.05) is 37.2 Å². The van der Waals surface area contributed by atoms with Gasteiger partial charge in [0.05, 0.1) is 0 Å². The highest BCUT2D eigenvalue weighted by Crippen LogP contribution is 2.29. The van der Waals surface area contributed by atoms with Crippen LogP contribution in [0.4, 0.5) is 5.69 Å². The zero-order chi connectivity index (χ0) is 9.84. The second kappa shape index (κ2) is 3.97. The molecule has 68 valence electrons. The molecular formula is C10H13N3. The summed E-state index contributed by atoms with van der Waals surface area (Å²) in [5.41, 5.74) is 11.4. The molecule has 0 saturated carbocycles. The monoisotopic (exact) mass is 175 g/mol. The second-order valence-electron chi connectivity index (χ2n) is 3.35. The first-order chi connectivity index (χ1) is 6.16. The van der Waals surface area contributed by atoms with Crippen molar-refractivity contribution < 1.29 is 0 Å². The Morgan fingerprint density at radius 3 is 2.62 bits per heavy atom. The van der Waals surface area contributed by atoms with Crippen LogP contribution in [0.1, 0.15) is 30.9 Å². The SMILES string of the molecule is Cc1cccc(N=[N+]=[N-])c1C(C)C. The maximum Gasteiger partial charge on any atom is 0.0412 e. The van der Waals surface area contributed by atoms with Gasteiger partial charge >= 0.3 is 0 Å². The summed E-state index contributed by atoms with van der Waals surface area (Å²) in [6.45, 7) is 6.23. The lowest BCUT2D eigenvalue weighted by atomic mass is 9.96. The van der Waals surface area contributed by atoms with E-state index in [4.69, 9.17) is 5.53 Å². The summed E-state index contributed by atoms with van der Waals surface area (Å²) in [5.74, 6) is 0.390. The summed E-state index contributed by atoms with van der Waals surface area (Å²) in [6, 6.07) is 5.79. The molecule has 1 aromatic rings. The average molecular weight is 175 g/mol. The molecule has 3 heteroatoms. The number of rotatable bonds is 2. The summed E-state index contributed by atoms with van der Waals surface area (Å²) < 4.78 is 0. The minimum Gasteiger partial charge on any atom is -0.0615 e. The summed E-state index contributed by atoms with van der Waals surface area (Å²) in [5, 5.41) is 3.67. The largest absolute Gasteiger partial charge is 0.0615 e. The zero-order valence-corrected chi connectivity index (χ0v) is 8.15. The van der Waals surface area contributed by atoms with Gasteiger partial charge in [0.25, 0.3) is 0 Å². The lowest BCUT2D eigenvalue weighted by molar-refractivity contribution is 0.856. The van der Waals surface area contributed by atoms with Crippen molar-refractivity contribution in [2.24, 2.45) is 5.11 Å². The molecular weight excluding hydrogens is 162 g/mol. The number of nitrogens with zero attached hydrogens (tertiary/aromatic N) is 3. The lowest BCUT2D eigenvalue weighted by Gasteiger charge is -2.11. The highest BCUT2D eigenvalue weighted by molar-refractivity contribution is 5.51. The van der Waals surface area contributed by atoms with Crippen molar-refractivity contribution in [3.63, 3.8) is 0 Å². The van der Waals surface area contributed by atoms with Gasteiger partial charge in [-0.3, -0.25) is 0 Å². The van der Waals surface area contributed by atoms with Crippen molar-refractivity contribution >= 4 is 5.69 Å². The fourth-order valence-corrected chi connectivity index (χ4v) is 1.55. The average Bonchev–Trinajstić information content (AvgIpc) is 2.04. The highest BCUT2D eigenvalue weighted by atomic mass is 15.1. The number of aryl methyl sites for hydroxylation is 1. The van der Waals surface area contributed by atoms with Crippen molar-refractivity contribution in [1.82, 2.24) is 0 Å². The van der Waals surface area contributed by atoms with E-state index >= 15 is 0 Å². The molecule has 0 saturated heterocycles. The van der Waals surface area contributed by atoms with Crippen LogP contribution < -0.4 is 0 Å². The van der Waals surface area contributed by atoms with Gasteiger partial charge in [0.2, 0.25) is 0 Å². The van der Waals surface area contributed by atoms with Gasteiger partial charge in [-0.05, 0) is 29.5 Å². The van der Waals surface area contributed by atoms with E-state index < -0.39 is 0 Å². The van der Waals surface area contributed by atoms with Gasteiger partial charge in [0.1, 0.15) is 0 Å². The Balaban J connectivity index is 3.33. The maximum atomic E-state index is 8.38. The van der Waals surface area contributed by atoms with Gasteiger partial charge in [-0.2, -0.15) is 0 Å². The summed E-state index contributed by atoms with van der Waals surface area (Å²) in [4.78, 5) is 2.82. The van der Waals surface area contributed by atoms with Gasteiger partial charge in [0.15, 0.2) is 0 Å². The van der Waals surface area contributed by atoms with E-state index in [2.05, 4.69) is 23.9 Å². The van der Waals surface area contributed by atoms with E-state index in [-0.39, 0.29) is 0 Å². The van der Waals surface area contributed by atoms with Crippen molar-refractivity contribution in [2.75, 3.05) is 0 Å². The molecule has 3 nitrogen and oxygen atoms in total. The molecule has 1 rings (SSSR count). The second-order valence-corrected chi connectivity index (χ2v) is 3.35. The predicted octanol–water partition coefficient (Wildman–Crippen LogP) is 4.06. The third-order valence-corrected chi connectivity index (χ3v) is 2.03. The molecule has 0 N–H and O–H groups in total. The smallest absolute Gasteiger partial charge is 0.0412 e. The third-order valence-electron chi connectivity index (χ3n) is 2.03. The molecule has 0 radical (unpaired) electrons. The Bertz CT molecular complexity index is 349. The molecule has 0 heterocycles. The van der Waals surface area contributed by atoms with E-state index in [9.17, 15) is 0 Å². The lowest BCUT2D eigenvalue weighted by Crippen LogP contribution is -1.91. The van der Waals surface area contributed by atoms with Gasteiger partial charge in [-0.15, -0.1) is 0 Å². The topological polar surface area (TPSA) is 48.8 Å². The van der Waals surface area contributed by atoms with Crippen LogP contribution in [-0.4, -0.2) is 0 Å². The quantitative estimate of drug-likeness (QED) is 0.369. The van der Waals surface area contributed by atoms with Crippen LogP contribution in [0, 0.1) is 6.92 Å². The molecule has 0 bridgehead atoms. The van der Waals surface area contributed by atoms with E-state index in [1.807, 2.05) is 25.1 Å². The molecule has 0 aliphatic rings. The van der Waals surface area contributed by atoms with E-state index in [0.29, 0.717) is 5.92 Å². The number of benzene rings is 1. The van der Waals surface area contributed by atoms with Crippen molar-refractivity contribution in [3.05, 3.63) is 39.8 Å². The van der Waals surface area contributed by atoms with Crippen molar-refractivity contribution in [1.29, 1.82) is 0 Å². The van der Waals surface area contributed by atoms with Crippen LogP contribution >= 0.6 is 0 Å². The van der Waals surface area contributed by atoms with Crippen LogP contribution in [0.5, 0.6) is 0 Å². The normalized spacial score (nSPS) is 9.85. The van der Waals surface area contributed by atoms with Crippen LogP contribution in [0.25, 0.3) is 10.4 Å². The van der Waals surface area contributed by atoms with Crippen LogP contribution in [0.2, 0.25) is 0 Å². The molecule has 13 heavy (non-hydrogen) atoms. The zero-order valence-electron chi connectivity index (χ0n) is 8.15. The fraction of sp³-hybridized carbons (Fsp3) is 0.400. The maximum absolute atomic E-state index is 8.38. The molecule has 0 aromatic heterocycles. The summed E-state index contributed by atoms with van der Waals surface area (Å²) in [6.07, 6.45) is 0. The molecule has 0 atom stereocenters. The Kier molecular flexibility index (Phi) is 2.93. The number of azide groups is 1. The van der Waals surface area contributed by atoms with Gasteiger partial charge in [-0.25, -0.2) is 0 Å². The highest BCUT2D eigenvalue weighted by Gasteiger charge is 2.07. The molecule has 0 aliphatic carbocycles. The first-order valence-corrected chi connectivity index (χ1v) is 4.31. The number of hydrogen-bond acceptors (Lipinski definition) is 1. The first kappa shape index (κ1) is 9.62. The Hall–Kier alpha value is -1.47. The van der Waals surface area contributed by atoms with Crippen LogP contribution in [0.3, 0.4) is 0 Å². The summed E-state index contributed by atoms with van der Waals surface area (Å²) >= 11 is 0. The predicted molar refractivity (Wildman–Crippen MR) is 54.1 cm³/mol. The molecule has 0 unspecified atom stereocenters. The molecule has 1 aromatic carbocycles. The summed E-state index contributed by atoms with van der Waals surface area (Å²) in [7, 11) is 0. The minimum atomic E-state index is 0.390. The molecule has 0 spiro atoms. The number of hydrogen-bond donors (Lipinski definition) is 0. The van der Waals surface area contributed by atoms with Gasteiger partial charge in [0, 0.05) is 10.6 Å². The Morgan fingerprint density at radius 1 is 1.38 bits per heavy atom. The van der Waals surface area contributed by atoms with Gasteiger partial charge < -0.3 is 0 Å². The van der Waals surface area contributed by atoms with E-state index in [0.717, 1.165) is 11.3 Å².